The van der Waals surface area contributed by atoms with Gasteiger partial charge in [-0.2, -0.15) is 4.98 Å². The lowest BCUT2D eigenvalue weighted by Crippen LogP contribution is -1.92. The molecule has 1 aromatic carbocycles. The number of hydrogen-bond donors (Lipinski definition) is 0. The van der Waals surface area contributed by atoms with Crippen molar-refractivity contribution in [1.82, 2.24) is 10.1 Å². The van der Waals surface area contributed by atoms with Crippen LogP contribution in [-0.4, -0.2) is 20.9 Å². The van der Waals surface area contributed by atoms with Crippen molar-refractivity contribution in [3.05, 3.63) is 39.8 Å². The average molecular weight is 282 g/mol. The fourth-order valence-electron chi connectivity index (χ4n) is 1.65. The molecule has 0 aliphatic heterocycles. The Hall–Kier alpha value is -1.95. The number of alkyl halides is 1. The first kappa shape index (κ1) is 13.5. The summed E-state index contributed by atoms with van der Waals surface area (Å²) in [7, 11) is 0. The van der Waals surface area contributed by atoms with Crippen molar-refractivity contribution in [2.24, 2.45) is 0 Å². The molecule has 7 heteroatoms. The third kappa shape index (κ3) is 3.08. The number of nitro benzene ring substituents is 1. The summed E-state index contributed by atoms with van der Waals surface area (Å²) in [5, 5.41) is 14.6. The molecule has 0 atom stereocenters. The zero-order valence-corrected chi connectivity index (χ0v) is 11.1. The number of aromatic nitrogens is 2. The maximum Gasteiger partial charge on any atom is 0.270 e. The van der Waals surface area contributed by atoms with E-state index in [2.05, 4.69) is 10.1 Å². The van der Waals surface area contributed by atoms with E-state index in [0.717, 1.165) is 12.0 Å². The molecule has 0 radical (unpaired) electrons. The summed E-state index contributed by atoms with van der Waals surface area (Å²) in [6.45, 7) is 1.84. The monoisotopic (exact) mass is 281 g/mol. The second-order valence-corrected chi connectivity index (χ2v) is 4.44. The molecule has 6 nitrogen and oxygen atoms in total. The Labute approximate surface area is 114 Å². The predicted octanol–water partition coefficient (Wildman–Crippen LogP) is 3.12. The maximum absolute atomic E-state index is 10.8. The van der Waals surface area contributed by atoms with Gasteiger partial charge in [-0.15, -0.1) is 11.6 Å². The lowest BCUT2D eigenvalue weighted by molar-refractivity contribution is -0.384. The summed E-state index contributed by atoms with van der Waals surface area (Å²) in [6.07, 6.45) is 1.35. The Morgan fingerprint density at radius 3 is 2.95 bits per heavy atom. The van der Waals surface area contributed by atoms with Gasteiger partial charge in [-0.3, -0.25) is 10.1 Å². The van der Waals surface area contributed by atoms with Crippen LogP contribution in [-0.2, 0) is 6.42 Å². The second-order valence-electron chi connectivity index (χ2n) is 4.06. The number of halogens is 1. The summed E-state index contributed by atoms with van der Waals surface area (Å²) in [6, 6.07) is 4.57. The van der Waals surface area contributed by atoms with Crippen LogP contribution in [0.15, 0.2) is 22.7 Å². The molecule has 1 aromatic heterocycles. The van der Waals surface area contributed by atoms with Gasteiger partial charge in [-0.25, -0.2) is 0 Å². The van der Waals surface area contributed by atoms with Crippen molar-refractivity contribution in [1.29, 1.82) is 0 Å². The molecule has 0 aliphatic carbocycles. The van der Waals surface area contributed by atoms with Crippen molar-refractivity contribution < 1.29 is 9.45 Å². The van der Waals surface area contributed by atoms with Gasteiger partial charge in [0.1, 0.15) is 0 Å². The second kappa shape index (κ2) is 5.79. The quantitative estimate of drug-likeness (QED) is 0.478. The Kier molecular flexibility index (Phi) is 4.11. The third-order valence-corrected chi connectivity index (χ3v) is 2.93. The Bertz CT molecular complexity index is 598. The van der Waals surface area contributed by atoms with E-state index >= 15 is 0 Å². The zero-order chi connectivity index (χ0) is 13.8. The Balaban J connectivity index is 2.32. The third-order valence-electron chi connectivity index (χ3n) is 2.67. The molecule has 0 unspecified atom stereocenters. The molecule has 0 aliphatic rings. The fraction of sp³-hybridized carbons (Fsp3) is 0.333. The number of rotatable bonds is 5. The van der Waals surface area contributed by atoms with Gasteiger partial charge in [0.05, 0.1) is 4.92 Å². The average Bonchev–Trinajstić information content (AvgIpc) is 2.85. The van der Waals surface area contributed by atoms with Gasteiger partial charge in [0, 0.05) is 30.0 Å². The van der Waals surface area contributed by atoms with E-state index in [4.69, 9.17) is 16.1 Å². The van der Waals surface area contributed by atoms with E-state index in [1.54, 1.807) is 6.07 Å². The van der Waals surface area contributed by atoms with Crippen LogP contribution in [0.3, 0.4) is 0 Å². The first-order chi connectivity index (χ1) is 9.11. The number of aryl methyl sites for hydroxylation is 2. The highest BCUT2D eigenvalue weighted by Crippen LogP contribution is 2.25. The van der Waals surface area contributed by atoms with Crippen molar-refractivity contribution in [3.63, 3.8) is 0 Å². The van der Waals surface area contributed by atoms with Crippen molar-refractivity contribution in [2.75, 3.05) is 5.88 Å². The van der Waals surface area contributed by atoms with E-state index in [0.29, 0.717) is 29.6 Å². The SMILES string of the molecule is Cc1ccc([N+](=O)[O-])cc1-c1noc(CCCCl)n1. The molecule has 19 heavy (non-hydrogen) atoms. The highest BCUT2D eigenvalue weighted by molar-refractivity contribution is 6.17. The van der Waals surface area contributed by atoms with Crippen LogP contribution in [0.1, 0.15) is 17.9 Å². The number of nitro groups is 1. The fourth-order valence-corrected chi connectivity index (χ4v) is 1.78. The van der Waals surface area contributed by atoms with Gasteiger partial charge in [0.25, 0.3) is 5.69 Å². The number of nitrogens with zero attached hydrogens (tertiary/aromatic N) is 3. The normalized spacial score (nSPS) is 10.6. The molecule has 0 amide bonds. The minimum atomic E-state index is -0.447. The van der Waals surface area contributed by atoms with Crippen molar-refractivity contribution in [2.45, 2.75) is 19.8 Å². The van der Waals surface area contributed by atoms with Crippen LogP contribution in [0.5, 0.6) is 0 Å². The molecule has 0 bridgehead atoms. The lowest BCUT2D eigenvalue weighted by atomic mass is 10.1. The number of benzene rings is 1. The minimum Gasteiger partial charge on any atom is -0.339 e. The molecule has 100 valence electrons. The molecule has 0 saturated heterocycles. The summed E-state index contributed by atoms with van der Waals surface area (Å²) in [4.78, 5) is 14.5. The minimum absolute atomic E-state index is 0.00714. The van der Waals surface area contributed by atoms with Crippen LogP contribution in [0.25, 0.3) is 11.4 Å². The van der Waals surface area contributed by atoms with Gasteiger partial charge < -0.3 is 4.52 Å². The summed E-state index contributed by atoms with van der Waals surface area (Å²) >= 11 is 5.59. The van der Waals surface area contributed by atoms with Crippen LogP contribution in [0, 0.1) is 17.0 Å². The molecule has 0 saturated carbocycles. The van der Waals surface area contributed by atoms with Crippen LogP contribution in [0.4, 0.5) is 5.69 Å². The van der Waals surface area contributed by atoms with Gasteiger partial charge in [-0.1, -0.05) is 11.2 Å². The lowest BCUT2D eigenvalue weighted by Gasteiger charge is -2.00. The summed E-state index contributed by atoms with van der Waals surface area (Å²) in [5.74, 6) is 1.38. The molecule has 0 N–H and O–H groups in total. The van der Waals surface area contributed by atoms with E-state index in [1.807, 2.05) is 6.92 Å². The van der Waals surface area contributed by atoms with Crippen LogP contribution >= 0.6 is 11.6 Å². The first-order valence-corrected chi connectivity index (χ1v) is 6.29. The largest absolute Gasteiger partial charge is 0.339 e. The van der Waals surface area contributed by atoms with Crippen molar-refractivity contribution in [3.8, 4) is 11.4 Å². The molecular formula is C12H12ClN3O3. The predicted molar refractivity (Wildman–Crippen MR) is 70.2 cm³/mol. The Morgan fingerprint density at radius 1 is 1.47 bits per heavy atom. The van der Waals surface area contributed by atoms with Gasteiger partial charge >= 0.3 is 0 Å². The molecule has 1 heterocycles. The number of non-ortho nitro benzene ring substituents is 1. The molecule has 0 fully saturated rings. The van der Waals surface area contributed by atoms with Crippen molar-refractivity contribution >= 4 is 17.3 Å². The van der Waals surface area contributed by atoms with Crippen LogP contribution in [0.2, 0.25) is 0 Å². The maximum atomic E-state index is 10.8. The van der Waals surface area contributed by atoms with E-state index in [1.165, 1.54) is 12.1 Å². The number of hydrogen-bond acceptors (Lipinski definition) is 5. The van der Waals surface area contributed by atoms with Gasteiger partial charge in [-0.05, 0) is 18.9 Å². The molecule has 2 rings (SSSR count). The summed E-state index contributed by atoms with van der Waals surface area (Å²) in [5.41, 5.74) is 1.47. The van der Waals surface area contributed by atoms with E-state index in [9.17, 15) is 10.1 Å². The molecular weight excluding hydrogens is 270 g/mol. The van der Waals surface area contributed by atoms with Gasteiger partial charge in [0.15, 0.2) is 0 Å². The molecule has 2 aromatic rings. The van der Waals surface area contributed by atoms with Crippen LogP contribution < -0.4 is 0 Å². The first-order valence-electron chi connectivity index (χ1n) is 5.76. The highest BCUT2D eigenvalue weighted by atomic mass is 35.5. The smallest absolute Gasteiger partial charge is 0.270 e. The molecule has 0 spiro atoms. The van der Waals surface area contributed by atoms with E-state index < -0.39 is 4.92 Å². The van der Waals surface area contributed by atoms with E-state index in [-0.39, 0.29) is 5.69 Å². The topological polar surface area (TPSA) is 82.1 Å². The highest BCUT2D eigenvalue weighted by Gasteiger charge is 2.15. The van der Waals surface area contributed by atoms with Gasteiger partial charge in [0.2, 0.25) is 11.7 Å². The standard InChI is InChI=1S/C12H12ClN3O3/c1-8-4-5-9(16(17)18)7-10(8)12-14-11(19-15-12)3-2-6-13/h4-5,7H,2-3,6H2,1H3. The Morgan fingerprint density at radius 2 is 2.26 bits per heavy atom. The summed E-state index contributed by atoms with van der Waals surface area (Å²) < 4.78 is 5.09. The zero-order valence-electron chi connectivity index (χ0n) is 10.3.